The number of aryl methyl sites for hydroxylation is 1. The average molecular weight is 327 g/mol. The highest BCUT2D eigenvalue weighted by molar-refractivity contribution is 7.99. The molecular formula is C16H13N3OS2. The minimum atomic E-state index is -0.173. The Labute approximate surface area is 136 Å². The van der Waals surface area contributed by atoms with Crippen molar-refractivity contribution >= 4 is 34.9 Å². The Bertz CT molecular complexity index is 787. The number of amides is 1. The van der Waals surface area contributed by atoms with Crippen LogP contribution in [-0.2, 0) is 0 Å². The summed E-state index contributed by atoms with van der Waals surface area (Å²) in [5.74, 6) is -0.173. The lowest BCUT2D eigenvalue weighted by Gasteiger charge is -2.10. The zero-order valence-corrected chi connectivity index (χ0v) is 13.4. The molecule has 0 aliphatic carbocycles. The fourth-order valence-electron chi connectivity index (χ4n) is 1.89. The van der Waals surface area contributed by atoms with E-state index in [4.69, 9.17) is 0 Å². The molecule has 1 heterocycles. The second-order valence-electron chi connectivity index (χ2n) is 4.55. The molecular weight excluding hydrogens is 314 g/mol. The van der Waals surface area contributed by atoms with Gasteiger partial charge in [0.15, 0.2) is 0 Å². The van der Waals surface area contributed by atoms with Crippen molar-refractivity contribution in [3.8, 4) is 0 Å². The first kappa shape index (κ1) is 14.7. The van der Waals surface area contributed by atoms with Gasteiger partial charge in [0.2, 0.25) is 0 Å². The highest BCUT2D eigenvalue weighted by atomic mass is 32.2. The lowest BCUT2D eigenvalue weighted by molar-refractivity contribution is 0.102. The highest BCUT2D eigenvalue weighted by Crippen LogP contribution is 2.33. The second-order valence-corrected chi connectivity index (χ2v) is 6.42. The van der Waals surface area contributed by atoms with E-state index in [9.17, 15) is 4.79 Å². The van der Waals surface area contributed by atoms with E-state index >= 15 is 0 Å². The lowest BCUT2D eigenvalue weighted by Crippen LogP contribution is -2.12. The molecule has 0 aliphatic rings. The average Bonchev–Trinajstić information content (AvgIpc) is 2.96. The molecule has 0 bridgehead atoms. The minimum Gasteiger partial charge on any atom is -0.320 e. The van der Waals surface area contributed by atoms with Crippen LogP contribution in [0.2, 0.25) is 0 Å². The summed E-state index contributed by atoms with van der Waals surface area (Å²) in [5, 5.41) is 6.82. The number of anilines is 1. The zero-order chi connectivity index (χ0) is 15.4. The molecule has 3 rings (SSSR count). The molecule has 4 nitrogen and oxygen atoms in total. The number of benzene rings is 2. The summed E-state index contributed by atoms with van der Waals surface area (Å²) in [6.45, 7) is 1.78. The number of nitrogens with one attached hydrogen (secondary N) is 1. The Kier molecular flexibility index (Phi) is 4.50. The van der Waals surface area contributed by atoms with Gasteiger partial charge >= 0.3 is 0 Å². The number of hydrogen-bond acceptors (Lipinski definition) is 5. The number of aromatic nitrogens is 2. The fourth-order valence-corrected chi connectivity index (χ4v) is 3.37. The van der Waals surface area contributed by atoms with Gasteiger partial charge in [-0.05, 0) is 42.7 Å². The predicted molar refractivity (Wildman–Crippen MR) is 89.6 cm³/mol. The minimum absolute atomic E-state index is 0.173. The smallest absolute Gasteiger partial charge is 0.269 e. The van der Waals surface area contributed by atoms with Crippen molar-refractivity contribution in [1.82, 2.24) is 9.59 Å². The molecule has 1 N–H and O–H groups in total. The Balaban J connectivity index is 1.83. The van der Waals surface area contributed by atoms with E-state index in [-0.39, 0.29) is 5.91 Å². The van der Waals surface area contributed by atoms with E-state index < -0.39 is 0 Å². The van der Waals surface area contributed by atoms with Gasteiger partial charge in [0.05, 0.1) is 11.4 Å². The molecule has 1 aromatic heterocycles. The summed E-state index contributed by atoms with van der Waals surface area (Å²) in [7, 11) is 0. The van der Waals surface area contributed by atoms with Crippen LogP contribution in [0.3, 0.4) is 0 Å². The molecule has 0 unspecified atom stereocenters. The van der Waals surface area contributed by atoms with Gasteiger partial charge in [0.1, 0.15) is 4.88 Å². The monoisotopic (exact) mass is 327 g/mol. The topological polar surface area (TPSA) is 54.9 Å². The third kappa shape index (κ3) is 3.35. The third-order valence-corrected chi connectivity index (χ3v) is 4.87. The van der Waals surface area contributed by atoms with Gasteiger partial charge in [-0.1, -0.05) is 46.6 Å². The molecule has 2 aromatic carbocycles. The SMILES string of the molecule is Cc1nnsc1C(=O)Nc1ccccc1Sc1ccccc1. The molecule has 0 aliphatic heterocycles. The Morgan fingerprint density at radius 1 is 1.09 bits per heavy atom. The van der Waals surface area contributed by atoms with Crippen molar-refractivity contribution in [1.29, 1.82) is 0 Å². The normalized spacial score (nSPS) is 10.4. The van der Waals surface area contributed by atoms with Crippen molar-refractivity contribution in [3.05, 3.63) is 65.2 Å². The van der Waals surface area contributed by atoms with Gasteiger partial charge in [-0.15, -0.1) is 5.10 Å². The standard InChI is InChI=1S/C16H13N3OS2/c1-11-15(22-19-18-11)16(20)17-13-9-5-6-10-14(13)21-12-7-3-2-4-8-12/h2-10H,1H3,(H,17,20). The first-order valence-electron chi connectivity index (χ1n) is 6.66. The first-order chi connectivity index (χ1) is 10.7. The number of rotatable bonds is 4. The van der Waals surface area contributed by atoms with E-state index in [0.717, 1.165) is 27.0 Å². The van der Waals surface area contributed by atoms with Gasteiger partial charge < -0.3 is 5.32 Å². The number of nitrogens with zero attached hydrogens (tertiary/aromatic N) is 2. The summed E-state index contributed by atoms with van der Waals surface area (Å²) >= 11 is 2.72. The molecule has 0 saturated heterocycles. The molecule has 0 radical (unpaired) electrons. The van der Waals surface area contributed by atoms with Crippen LogP contribution in [0.15, 0.2) is 64.4 Å². The van der Waals surface area contributed by atoms with E-state index in [1.807, 2.05) is 54.6 Å². The number of para-hydroxylation sites is 1. The lowest BCUT2D eigenvalue weighted by atomic mass is 10.3. The van der Waals surface area contributed by atoms with Crippen LogP contribution in [0.25, 0.3) is 0 Å². The predicted octanol–water partition coefficient (Wildman–Crippen LogP) is 4.25. The van der Waals surface area contributed by atoms with Crippen molar-refractivity contribution in [2.45, 2.75) is 16.7 Å². The Morgan fingerprint density at radius 3 is 2.55 bits per heavy atom. The van der Waals surface area contributed by atoms with Gasteiger partial charge in [-0.25, -0.2) is 0 Å². The molecule has 110 valence electrons. The van der Waals surface area contributed by atoms with Gasteiger partial charge in [-0.3, -0.25) is 4.79 Å². The van der Waals surface area contributed by atoms with Crippen molar-refractivity contribution < 1.29 is 4.79 Å². The molecule has 3 aromatic rings. The summed E-state index contributed by atoms with van der Waals surface area (Å²) in [6.07, 6.45) is 0. The van der Waals surface area contributed by atoms with Crippen molar-refractivity contribution in [3.63, 3.8) is 0 Å². The third-order valence-electron chi connectivity index (χ3n) is 2.96. The van der Waals surface area contributed by atoms with Crippen LogP contribution in [0.5, 0.6) is 0 Å². The van der Waals surface area contributed by atoms with Gasteiger partial charge in [-0.2, -0.15) is 0 Å². The van der Waals surface area contributed by atoms with Crippen LogP contribution in [-0.4, -0.2) is 15.5 Å². The quantitative estimate of drug-likeness (QED) is 0.778. The molecule has 1 amide bonds. The largest absolute Gasteiger partial charge is 0.320 e. The number of carbonyl (C=O) groups is 1. The van der Waals surface area contributed by atoms with Gasteiger partial charge in [0.25, 0.3) is 5.91 Å². The maximum absolute atomic E-state index is 12.3. The summed E-state index contributed by atoms with van der Waals surface area (Å²) in [6, 6.07) is 17.8. The Morgan fingerprint density at radius 2 is 1.82 bits per heavy atom. The molecule has 6 heteroatoms. The van der Waals surface area contributed by atoms with Crippen LogP contribution < -0.4 is 5.32 Å². The van der Waals surface area contributed by atoms with E-state index in [0.29, 0.717) is 10.6 Å². The van der Waals surface area contributed by atoms with Crippen molar-refractivity contribution in [2.75, 3.05) is 5.32 Å². The molecule has 0 atom stereocenters. The summed E-state index contributed by atoms with van der Waals surface area (Å²) in [4.78, 5) is 15.0. The van der Waals surface area contributed by atoms with Crippen LogP contribution in [0.4, 0.5) is 5.69 Å². The highest BCUT2D eigenvalue weighted by Gasteiger charge is 2.15. The van der Waals surface area contributed by atoms with E-state index in [1.54, 1.807) is 18.7 Å². The number of hydrogen-bond donors (Lipinski definition) is 1. The summed E-state index contributed by atoms with van der Waals surface area (Å²) in [5.41, 5.74) is 1.44. The zero-order valence-electron chi connectivity index (χ0n) is 11.8. The summed E-state index contributed by atoms with van der Waals surface area (Å²) < 4.78 is 3.80. The van der Waals surface area contributed by atoms with Gasteiger partial charge in [0, 0.05) is 9.79 Å². The van der Waals surface area contributed by atoms with Crippen LogP contribution in [0.1, 0.15) is 15.4 Å². The molecule has 0 fully saturated rings. The molecule has 0 saturated carbocycles. The van der Waals surface area contributed by atoms with E-state index in [1.165, 1.54) is 0 Å². The maximum atomic E-state index is 12.3. The molecule has 22 heavy (non-hydrogen) atoms. The van der Waals surface area contributed by atoms with Crippen LogP contribution in [0, 0.1) is 6.92 Å². The Hall–Kier alpha value is -2.18. The second kappa shape index (κ2) is 6.72. The van der Waals surface area contributed by atoms with E-state index in [2.05, 4.69) is 14.9 Å². The maximum Gasteiger partial charge on any atom is 0.269 e. The fraction of sp³-hybridized carbons (Fsp3) is 0.0625. The van der Waals surface area contributed by atoms with Crippen molar-refractivity contribution in [2.24, 2.45) is 0 Å². The van der Waals surface area contributed by atoms with Crippen LogP contribution >= 0.6 is 23.3 Å². The first-order valence-corrected chi connectivity index (χ1v) is 8.25. The molecule has 0 spiro atoms. The number of carbonyl (C=O) groups excluding carboxylic acids is 1.